The second-order valence-corrected chi connectivity index (χ2v) is 3.08. The van der Waals surface area contributed by atoms with E-state index in [1.807, 2.05) is 0 Å². The van der Waals surface area contributed by atoms with Gasteiger partial charge >= 0.3 is 12.1 Å². The highest BCUT2D eigenvalue weighted by Gasteiger charge is 2.40. The van der Waals surface area contributed by atoms with Crippen molar-refractivity contribution in [2.75, 3.05) is 0 Å². The third-order valence-electron chi connectivity index (χ3n) is 1.88. The number of carboxylic acid groups (broad SMARTS) is 1. The maximum Gasteiger partial charge on any atom is 0.419 e. The summed E-state index contributed by atoms with van der Waals surface area (Å²) in [6.07, 6.45) is -6.77. The Labute approximate surface area is 90.5 Å². The first kappa shape index (κ1) is 13.3. The molecule has 94 valence electrons. The van der Waals surface area contributed by atoms with E-state index < -0.39 is 47.1 Å². The number of benzene rings is 1. The summed E-state index contributed by atoms with van der Waals surface area (Å²) in [6, 6.07) is -0.122. The van der Waals surface area contributed by atoms with Crippen LogP contribution in [0.5, 0.6) is 0 Å². The molecule has 0 spiro atoms. The number of halogens is 6. The van der Waals surface area contributed by atoms with Crippen LogP contribution in [0.3, 0.4) is 0 Å². The fraction of sp³-hybridized carbons (Fsp3) is 0.222. The number of aliphatic carboxylic acids is 1. The minimum atomic E-state index is -5.38. The molecule has 8 heteroatoms. The van der Waals surface area contributed by atoms with Crippen LogP contribution in [0.1, 0.15) is 11.1 Å². The Hall–Kier alpha value is -1.73. The maximum absolute atomic E-state index is 13.0. The van der Waals surface area contributed by atoms with E-state index in [0.29, 0.717) is 0 Å². The Morgan fingerprint density at radius 2 is 1.71 bits per heavy atom. The van der Waals surface area contributed by atoms with Crippen molar-refractivity contribution in [3.63, 3.8) is 0 Å². The minimum absolute atomic E-state index is 0.122. The van der Waals surface area contributed by atoms with Crippen LogP contribution in [-0.2, 0) is 17.4 Å². The summed E-state index contributed by atoms with van der Waals surface area (Å²) in [4.78, 5) is 10.2. The Morgan fingerprint density at radius 3 is 2.12 bits per heavy atom. The first-order chi connectivity index (χ1) is 7.64. The van der Waals surface area contributed by atoms with Gasteiger partial charge in [0.1, 0.15) is 11.4 Å². The van der Waals surface area contributed by atoms with Crippen LogP contribution >= 0.6 is 0 Å². The molecule has 0 bridgehead atoms. The molecule has 0 fully saturated rings. The van der Waals surface area contributed by atoms with Gasteiger partial charge in [-0.3, -0.25) is 4.79 Å². The number of hydrogen-bond acceptors (Lipinski definition) is 1. The average molecular weight is 258 g/mol. The number of carboxylic acids is 1. The van der Waals surface area contributed by atoms with E-state index in [9.17, 15) is 31.1 Å². The average Bonchev–Trinajstić information content (AvgIpc) is 2.11. The van der Waals surface area contributed by atoms with Gasteiger partial charge in [0.15, 0.2) is 11.6 Å². The Kier molecular flexibility index (Phi) is 3.35. The molecule has 0 amide bonds. The fourth-order valence-corrected chi connectivity index (χ4v) is 1.25. The highest BCUT2D eigenvalue weighted by atomic mass is 19.4. The van der Waals surface area contributed by atoms with E-state index in [1.54, 1.807) is 0 Å². The number of hydrogen-bond donors (Lipinski definition) is 1. The predicted molar refractivity (Wildman–Crippen MR) is 42.7 cm³/mol. The lowest BCUT2D eigenvalue weighted by atomic mass is 10.0. The van der Waals surface area contributed by atoms with E-state index >= 15 is 0 Å². The van der Waals surface area contributed by atoms with Gasteiger partial charge in [-0.2, -0.15) is 13.2 Å². The van der Waals surface area contributed by atoms with Gasteiger partial charge < -0.3 is 5.11 Å². The summed E-state index contributed by atoms with van der Waals surface area (Å²) in [6.45, 7) is 0. The molecule has 0 saturated carbocycles. The van der Waals surface area contributed by atoms with Crippen molar-refractivity contribution in [2.24, 2.45) is 0 Å². The molecule has 0 aliphatic carbocycles. The first-order valence-corrected chi connectivity index (χ1v) is 4.10. The van der Waals surface area contributed by atoms with Gasteiger partial charge in [-0.1, -0.05) is 0 Å². The fourth-order valence-electron chi connectivity index (χ4n) is 1.25. The van der Waals surface area contributed by atoms with Crippen LogP contribution < -0.4 is 0 Å². The molecule has 0 saturated heterocycles. The van der Waals surface area contributed by atoms with Crippen molar-refractivity contribution in [2.45, 2.75) is 12.6 Å². The zero-order valence-corrected chi connectivity index (χ0v) is 7.91. The van der Waals surface area contributed by atoms with Gasteiger partial charge in [-0.25, -0.2) is 13.2 Å². The summed E-state index contributed by atoms with van der Waals surface area (Å²) in [7, 11) is 0. The van der Waals surface area contributed by atoms with Crippen LogP contribution in [0.4, 0.5) is 26.3 Å². The highest BCUT2D eigenvalue weighted by molar-refractivity contribution is 5.71. The minimum Gasteiger partial charge on any atom is -0.481 e. The second kappa shape index (κ2) is 4.27. The monoisotopic (exact) mass is 258 g/mol. The van der Waals surface area contributed by atoms with Gasteiger partial charge in [0.05, 0.1) is 6.42 Å². The van der Waals surface area contributed by atoms with E-state index in [1.165, 1.54) is 0 Å². The lowest BCUT2D eigenvalue weighted by Crippen LogP contribution is -2.17. The summed E-state index contributed by atoms with van der Waals surface area (Å²) in [5.41, 5.74) is -3.65. The molecule has 2 nitrogen and oxygen atoms in total. The van der Waals surface area contributed by atoms with Gasteiger partial charge in [0.25, 0.3) is 0 Å². The Bertz CT molecular complexity index is 466. The molecular formula is C9H4F6O2. The van der Waals surface area contributed by atoms with Crippen LogP contribution in [0.25, 0.3) is 0 Å². The van der Waals surface area contributed by atoms with Gasteiger partial charge in [-0.05, 0) is 0 Å². The molecule has 17 heavy (non-hydrogen) atoms. The molecule has 1 rings (SSSR count). The molecule has 1 N–H and O–H groups in total. The third kappa shape index (κ3) is 2.69. The second-order valence-electron chi connectivity index (χ2n) is 3.08. The maximum atomic E-state index is 13.0. The molecule has 0 aliphatic heterocycles. The van der Waals surface area contributed by atoms with Crippen molar-refractivity contribution in [3.8, 4) is 0 Å². The molecule has 1 aromatic carbocycles. The Morgan fingerprint density at radius 1 is 1.18 bits per heavy atom. The van der Waals surface area contributed by atoms with Crippen LogP contribution in [0.15, 0.2) is 6.07 Å². The summed E-state index contributed by atoms with van der Waals surface area (Å²) < 4.78 is 75.6. The molecule has 0 radical (unpaired) electrons. The van der Waals surface area contributed by atoms with E-state index in [0.717, 1.165) is 0 Å². The van der Waals surface area contributed by atoms with Crippen LogP contribution in [-0.4, -0.2) is 11.1 Å². The quantitative estimate of drug-likeness (QED) is 0.654. The van der Waals surface area contributed by atoms with Crippen LogP contribution in [0.2, 0.25) is 0 Å². The molecule has 0 aromatic heterocycles. The molecular weight excluding hydrogens is 254 g/mol. The number of rotatable bonds is 2. The standard InChI is InChI=1S/C9H4F6O2/c10-4-2-5(11)8(12)7(9(13,14)15)3(4)1-6(16)17/h2H,1H2,(H,16,17). The normalized spacial score (nSPS) is 11.6. The number of alkyl halides is 3. The SMILES string of the molecule is O=C(O)Cc1c(F)cc(F)c(F)c1C(F)(F)F. The van der Waals surface area contributed by atoms with Crippen molar-refractivity contribution in [3.05, 3.63) is 34.6 Å². The summed E-state index contributed by atoms with van der Waals surface area (Å²) in [5, 5.41) is 8.29. The van der Waals surface area contributed by atoms with Gasteiger partial charge in [0, 0.05) is 11.6 Å². The van der Waals surface area contributed by atoms with Crippen molar-refractivity contribution in [1.82, 2.24) is 0 Å². The third-order valence-corrected chi connectivity index (χ3v) is 1.88. The Balaban J connectivity index is 3.56. The zero-order valence-electron chi connectivity index (χ0n) is 7.91. The van der Waals surface area contributed by atoms with Crippen molar-refractivity contribution < 1.29 is 36.2 Å². The van der Waals surface area contributed by atoms with Crippen LogP contribution in [0, 0.1) is 17.5 Å². The highest BCUT2D eigenvalue weighted by Crippen LogP contribution is 2.36. The van der Waals surface area contributed by atoms with E-state index in [2.05, 4.69) is 0 Å². The first-order valence-electron chi connectivity index (χ1n) is 4.10. The van der Waals surface area contributed by atoms with E-state index in [4.69, 9.17) is 5.11 Å². The lowest BCUT2D eigenvalue weighted by Gasteiger charge is -2.13. The molecule has 0 aliphatic rings. The predicted octanol–water partition coefficient (Wildman–Crippen LogP) is 2.75. The van der Waals surface area contributed by atoms with Crippen molar-refractivity contribution in [1.29, 1.82) is 0 Å². The smallest absolute Gasteiger partial charge is 0.419 e. The van der Waals surface area contributed by atoms with Gasteiger partial charge in [0.2, 0.25) is 0 Å². The molecule has 0 unspecified atom stereocenters. The number of carbonyl (C=O) groups is 1. The van der Waals surface area contributed by atoms with E-state index in [-0.39, 0.29) is 6.07 Å². The molecule has 0 atom stereocenters. The summed E-state index contributed by atoms with van der Waals surface area (Å²) >= 11 is 0. The largest absolute Gasteiger partial charge is 0.481 e. The lowest BCUT2D eigenvalue weighted by molar-refractivity contribution is -0.142. The van der Waals surface area contributed by atoms with Crippen molar-refractivity contribution >= 4 is 5.97 Å². The summed E-state index contributed by atoms with van der Waals surface area (Å²) in [5.74, 6) is -7.88. The van der Waals surface area contributed by atoms with Gasteiger partial charge in [-0.15, -0.1) is 0 Å². The molecule has 1 aromatic rings. The molecule has 0 heterocycles. The zero-order chi connectivity index (χ0) is 13.4. The topological polar surface area (TPSA) is 37.3 Å².